The minimum Gasteiger partial charge on any atom is -0.309 e. The van der Waals surface area contributed by atoms with Crippen LogP contribution in [-0.2, 0) is 4.79 Å². The lowest BCUT2D eigenvalue weighted by Gasteiger charge is -2.12. The molecule has 0 aliphatic heterocycles. The van der Waals surface area contributed by atoms with Gasteiger partial charge in [-0.25, -0.2) is 0 Å². The van der Waals surface area contributed by atoms with Crippen LogP contribution in [0, 0.1) is 0 Å². The van der Waals surface area contributed by atoms with E-state index in [2.05, 4.69) is 24.2 Å². The maximum absolute atomic E-state index is 9.84. The molecule has 0 spiro atoms. The van der Waals surface area contributed by atoms with E-state index in [4.69, 9.17) is 0 Å². The van der Waals surface area contributed by atoms with Gasteiger partial charge >= 0.3 is 0 Å². The molecule has 0 aliphatic rings. The zero-order chi connectivity index (χ0) is 7.82. The quantitative estimate of drug-likeness (QED) is 0.411. The van der Waals surface area contributed by atoms with Gasteiger partial charge in [-0.3, -0.25) is 0 Å². The van der Waals surface area contributed by atoms with Crippen LogP contribution in [0.5, 0.6) is 0 Å². The Morgan fingerprint density at radius 2 is 2.30 bits per heavy atom. The van der Waals surface area contributed by atoms with E-state index in [1.807, 2.05) is 0 Å². The largest absolute Gasteiger partial charge is 0.309 e. The summed E-state index contributed by atoms with van der Waals surface area (Å²) in [5, 5.41) is 2.99. The maximum atomic E-state index is 9.84. The van der Waals surface area contributed by atoms with Gasteiger partial charge in [0.1, 0.15) is 6.29 Å². The number of carbonyl (C=O) groups is 1. The fourth-order valence-electron chi connectivity index (χ4n) is 0.589. The van der Waals surface area contributed by atoms with Crippen LogP contribution in [0.1, 0.15) is 6.92 Å². The van der Waals surface area contributed by atoms with Crippen LogP contribution in [0.4, 0.5) is 0 Å². The number of rotatable bonds is 6. The molecule has 0 saturated carbocycles. The van der Waals surface area contributed by atoms with Gasteiger partial charge < -0.3 is 15.0 Å². The fraction of sp³-hybridized carbons (Fsp3) is 0.857. The molecule has 3 nitrogen and oxygen atoms in total. The highest BCUT2D eigenvalue weighted by atomic mass is 16.1. The number of hydrogen-bond acceptors (Lipinski definition) is 3. The van der Waals surface area contributed by atoms with E-state index < -0.39 is 0 Å². The highest BCUT2D eigenvalue weighted by molar-refractivity contribution is 5.51. The molecule has 0 aromatic rings. The van der Waals surface area contributed by atoms with Crippen LogP contribution in [0.2, 0.25) is 0 Å². The zero-order valence-electron chi connectivity index (χ0n) is 6.76. The number of likely N-dealkylation sites (N-methyl/N-ethyl adjacent to an activating group) is 1. The van der Waals surface area contributed by atoms with E-state index in [-0.39, 0.29) is 0 Å². The average molecular weight is 144 g/mol. The van der Waals surface area contributed by atoms with Crippen LogP contribution in [0.15, 0.2) is 0 Å². The first-order chi connectivity index (χ1) is 4.81. The van der Waals surface area contributed by atoms with Crippen molar-refractivity contribution in [2.45, 2.75) is 6.92 Å². The summed E-state index contributed by atoms with van der Waals surface area (Å²) in [5.41, 5.74) is 0. The SMILES string of the molecule is CCN(C)CCNCC=O. The molecule has 0 atom stereocenters. The Morgan fingerprint density at radius 3 is 2.80 bits per heavy atom. The third kappa shape index (κ3) is 5.72. The van der Waals surface area contributed by atoms with Crippen molar-refractivity contribution in [3.8, 4) is 0 Å². The van der Waals surface area contributed by atoms with Gasteiger partial charge in [-0.2, -0.15) is 0 Å². The molecule has 0 saturated heterocycles. The predicted molar refractivity (Wildman–Crippen MR) is 42.1 cm³/mol. The monoisotopic (exact) mass is 144 g/mol. The van der Waals surface area contributed by atoms with Crippen LogP contribution >= 0.6 is 0 Å². The minimum absolute atomic E-state index is 0.470. The molecule has 10 heavy (non-hydrogen) atoms. The molecule has 60 valence electrons. The third-order valence-corrected chi connectivity index (χ3v) is 1.44. The van der Waals surface area contributed by atoms with Crippen molar-refractivity contribution >= 4 is 6.29 Å². The molecule has 0 fully saturated rings. The molecule has 0 unspecified atom stereocenters. The summed E-state index contributed by atoms with van der Waals surface area (Å²) in [4.78, 5) is 12.0. The molecule has 3 heteroatoms. The number of aldehydes is 1. The fourth-order valence-corrected chi connectivity index (χ4v) is 0.589. The van der Waals surface area contributed by atoms with Crippen LogP contribution in [0.3, 0.4) is 0 Å². The molecule has 0 radical (unpaired) electrons. The lowest BCUT2D eigenvalue weighted by Crippen LogP contribution is -2.29. The van der Waals surface area contributed by atoms with Gasteiger partial charge in [0.15, 0.2) is 0 Å². The first-order valence-corrected chi connectivity index (χ1v) is 3.64. The van der Waals surface area contributed by atoms with Gasteiger partial charge in [-0.1, -0.05) is 6.92 Å². The van der Waals surface area contributed by atoms with Gasteiger partial charge in [0.2, 0.25) is 0 Å². The Balaban J connectivity index is 2.95. The molecular formula is C7H16N2O. The van der Waals surface area contributed by atoms with E-state index in [1.165, 1.54) is 0 Å². The molecule has 0 aromatic carbocycles. The van der Waals surface area contributed by atoms with Crippen molar-refractivity contribution < 1.29 is 4.79 Å². The smallest absolute Gasteiger partial charge is 0.133 e. The predicted octanol–water partition coefficient (Wildman–Crippen LogP) is -0.273. The van der Waals surface area contributed by atoms with E-state index >= 15 is 0 Å². The van der Waals surface area contributed by atoms with Crippen molar-refractivity contribution in [3.05, 3.63) is 0 Å². The highest BCUT2D eigenvalue weighted by Crippen LogP contribution is 1.76. The van der Waals surface area contributed by atoms with Crippen LogP contribution in [-0.4, -0.2) is 44.4 Å². The van der Waals surface area contributed by atoms with Crippen molar-refractivity contribution in [3.63, 3.8) is 0 Å². The normalized spacial score (nSPS) is 10.3. The molecular weight excluding hydrogens is 128 g/mol. The molecule has 0 amide bonds. The van der Waals surface area contributed by atoms with E-state index in [0.29, 0.717) is 6.54 Å². The van der Waals surface area contributed by atoms with Crippen molar-refractivity contribution in [1.29, 1.82) is 0 Å². The Hall–Kier alpha value is -0.410. The Bertz CT molecular complexity index is 85.7. The van der Waals surface area contributed by atoms with Crippen molar-refractivity contribution in [2.75, 3.05) is 33.2 Å². The van der Waals surface area contributed by atoms with Crippen LogP contribution in [0.25, 0.3) is 0 Å². The number of nitrogens with zero attached hydrogens (tertiary/aromatic N) is 1. The zero-order valence-corrected chi connectivity index (χ0v) is 6.76. The molecule has 1 N–H and O–H groups in total. The van der Waals surface area contributed by atoms with E-state index in [9.17, 15) is 4.79 Å². The summed E-state index contributed by atoms with van der Waals surface area (Å²) in [7, 11) is 2.06. The van der Waals surface area contributed by atoms with Crippen molar-refractivity contribution in [1.82, 2.24) is 10.2 Å². The summed E-state index contributed by atoms with van der Waals surface area (Å²) in [6, 6.07) is 0. The van der Waals surface area contributed by atoms with Crippen molar-refractivity contribution in [2.24, 2.45) is 0 Å². The highest BCUT2D eigenvalue weighted by Gasteiger charge is 1.91. The summed E-state index contributed by atoms with van der Waals surface area (Å²) in [6.07, 6.45) is 0.881. The van der Waals surface area contributed by atoms with E-state index in [1.54, 1.807) is 0 Å². The van der Waals surface area contributed by atoms with Crippen LogP contribution < -0.4 is 5.32 Å². The molecule has 0 rings (SSSR count). The summed E-state index contributed by atoms with van der Waals surface area (Å²) < 4.78 is 0. The first kappa shape index (κ1) is 9.59. The molecule has 0 aliphatic carbocycles. The second-order valence-corrected chi connectivity index (χ2v) is 2.27. The third-order valence-electron chi connectivity index (χ3n) is 1.44. The van der Waals surface area contributed by atoms with Gasteiger partial charge in [0.05, 0.1) is 6.54 Å². The topological polar surface area (TPSA) is 32.3 Å². The standard InChI is InChI=1S/C7H16N2O/c1-3-9(2)6-4-8-5-7-10/h7-8H,3-6H2,1-2H3. The Kier molecular flexibility index (Phi) is 6.43. The summed E-state index contributed by atoms with van der Waals surface area (Å²) in [5.74, 6) is 0. The second kappa shape index (κ2) is 6.71. The average Bonchev–Trinajstić information content (AvgIpc) is 1.98. The number of nitrogens with one attached hydrogen (secondary N) is 1. The second-order valence-electron chi connectivity index (χ2n) is 2.27. The van der Waals surface area contributed by atoms with Gasteiger partial charge in [0, 0.05) is 13.1 Å². The summed E-state index contributed by atoms with van der Waals surface area (Å²) >= 11 is 0. The van der Waals surface area contributed by atoms with Gasteiger partial charge in [-0.05, 0) is 13.6 Å². The lowest BCUT2D eigenvalue weighted by atomic mass is 10.5. The molecule has 0 aromatic heterocycles. The Morgan fingerprint density at radius 1 is 1.60 bits per heavy atom. The molecule has 0 heterocycles. The maximum Gasteiger partial charge on any atom is 0.133 e. The van der Waals surface area contributed by atoms with Gasteiger partial charge in [-0.15, -0.1) is 0 Å². The Labute approximate surface area is 62.4 Å². The minimum atomic E-state index is 0.470. The molecule has 0 bridgehead atoms. The lowest BCUT2D eigenvalue weighted by molar-refractivity contribution is -0.107. The first-order valence-electron chi connectivity index (χ1n) is 3.64. The number of hydrogen-bond donors (Lipinski definition) is 1. The van der Waals surface area contributed by atoms with Gasteiger partial charge in [0.25, 0.3) is 0 Å². The van der Waals surface area contributed by atoms with E-state index in [0.717, 1.165) is 25.9 Å². The number of carbonyl (C=O) groups excluding carboxylic acids is 1. The summed E-state index contributed by atoms with van der Waals surface area (Å²) in [6.45, 7) is 5.54.